The van der Waals surface area contributed by atoms with E-state index >= 15 is 0 Å². The summed E-state index contributed by atoms with van der Waals surface area (Å²) in [7, 11) is 0. The van der Waals surface area contributed by atoms with Gasteiger partial charge in [-0.3, -0.25) is 4.79 Å². The monoisotopic (exact) mass is 283 g/mol. The number of carbonyl (C=O) groups is 1. The quantitative estimate of drug-likeness (QED) is 0.819. The molecule has 1 aromatic heterocycles. The van der Waals surface area contributed by atoms with E-state index in [1.165, 1.54) is 6.33 Å². The molecule has 1 amide bonds. The highest BCUT2D eigenvalue weighted by molar-refractivity contribution is 6.42. The van der Waals surface area contributed by atoms with Crippen LogP contribution in [0.25, 0.3) is 11.3 Å². The van der Waals surface area contributed by atoms with Crippen molar-refractivity contribution in [1.82, 2.24) is 9.97 Å². The van der Waals surface area contributed by atoms with Crippen LogP contribution in [-0.2, 0) is 4.79 Å². The highest BCUT2D eigenvalue weighted by Crippen LogP contribution is 2.27. The zero-order valence-corrected chi connectivity index (χ0v) is 11.1. The van der Waals surface area contributed by atoms with Crippen molar-refractivity contribution in [2.45, 2.75) is 6.92 Å². The number of hydrogen-bond donors (Lipinski definition) is 1. The number of aryl methyl sites for hydroxylation is 1. The minimum Gasteiger partial charge on any atom is -0.372 e. The summed E-state index contributed by atoms with van der Waals surface area (Å²) in [6.07, 6.45) is 1.78. The SMILES string of the molecule is Cc1cc(-c2ccc(Cl)c(Cl)c2)ncn1.NC=O. The van der Waals surface area contributed by atoms with E-state index in [4.69, 9.17) is 28.0 Å². The van der Waals surface area contributed by atoms with Crippen LogP contribution >= 0.6 is 23.2 Å². The van der Waals surface area contributed by atoms with Crippen LogP contribution < -0.4 is 5.73 Å². The van der Waals surface area contributed by atoms with E-state index in [1.54, 1.807) is 12.1 Å². The lowest BCUT2D eigenvalue weighted by Gasteiger charge is -2.02. The average molecular weight is 284 g/mol. The Morgan fingerprint density at radius 2 is 1.83 bits per heavy atom. The van der Waals surface area contributed by atoms with Crippen LogP contribution in [0.3, 0.4) is 0 Å². The lowest BCUT2D eigenvalue weighted by molar-refractivity contribution is -0.106. The van der Waals surface area contributed by atoms with Crippen molar-refractivity contribution in [3.63, 3.8) is 0 Å². The van der Waals surface area contributed by atoms with Crippen LogP contribution in [0.4, 0.5) is 0 Å². The first-order valence-corrected chi connectivity index (χ1v) is 5.73. The molecule has 0 spiro atoms. The summed E-state index contributed by atoms with van der Waals surface area (Å²) < 4.78 is 0. The molecule has 6 heteroatoms. The third kappa shape index (κ3) is 3.98. The lowest BCUT2D eigenvalue weighted by atomic mass is 10.1. The molecule has 0 aliphatic carbocycles. The molecule has 94 valence electrons. The minimum atomic E-state index is 0.250. The Morgan fingerprint density at radius 3 is 2.39 bits per heavy atom. The van der Waals surface area contributed by atoms with Crippen LogP contribution in [0.1, 0.15) is 5.69 Å². The molecule has 0 bridgehead atoms. The molecular weight excluding hydrogens is 273 g/mol. The van der Waals surface area contributed by atoms with Crippen LogP contribution in [0, 0.1) is 6.92 Å². The van der Waals surface area contributed by atoms with Gasteiger partial charge in [-0.2, -0.15) is 0 Å². The molecule has 2 aromatic rings. The van der Waals surface area contributed by atoms with Gasteiger partial charge in [0.05, 0.1) is 15.7 Å². The second-order valence-electron chi connectivity index (χ2n) is 3.31. The van der Waals surface area contributed by atoms with Crippen LogP contribution in [-0.4, -0.2) is 16.4 Å². The Morgan fingerprint density at radius 1 is 1.17 bits per heavy atom. The van der Waals surface area contributed by atoms with Gasteiger partial charge in [-0.1, -0.05) is 29.3 Å². The van der Waals surface area contributed by atoms with Crippen molar-refractivity contribution < 1.29 is 4.79 Å². The first-order valence-electron chi connectivity index (χ1n) is 4.98. The Kier molecular flexibility index (Phi) is 5.55. The minimum absolute atomic E-state index is 0.250. The fraction of sp³-hybridized carbons (Fsp3) is 0.0833. The molecule has 2 rings (SSSR count). The highest BCUT2D eigenvalue weighted by Gasteiger charge is 2.03. The molecule has 0 radical (unpaired) electrons. The number of amides is 1. The van der Waals surface area contributed by atoms with E-state index < -0.39 is 0 Å². The average Bonchev–Trinajstić information content (AvgIpc) is 2.34. The van der Waals surface area contributed by atoms with E-state index in [9.17, 15) is 0 Å². The first-order chi connectivity index (χ1) is 8.58. The number of halogens is 2. The van der Waals surface area contributed by atoms with Crippen molar-refractivity contribution in [3.8, 4) is 11.3 Å². The molecule has 0 atom stereocenters. The predicted molar refractivity (Wildman–Crippen MR) is 72.5 cm³/mol. The molecule has 0 saturated heterocycles. The molecule has 0 aliphatic heterocycles. The number of nitrogens with two attached hydrogens (primary N) is 1. The summed E-state index contributed by atoms with van der Waals surface area (Å²) in [4.78, 5) is 16.8. The molecule has 18 heavy (non-hydrogen) atoms. The molecule has 0 saturated carbocycles. The number of primary amides is 1. The van der Waals surface area contributed by atoms with Gasteiger partial charge >= 0.3 is 0 Å². The van der Waals surface area contributed by atoms with Crippen LogP contribution in [0.5, 0.6) is 0 Å². The van der Waals surface area contributed by atoms with Crippen LogP contribution in [0.15, 0.2) is 30.6 Å². The second kappa shape index (κ2) is 6.93. The Labute approximate surface area is 115 Å². The molecule has 1 aromatic carbocycles. The van der Waals surface area contributed by atoms with Crippen molar-refractivity contribution >= 4 is 29.6 Å². The van der Waals surface area contributed by atoms with E-state index in [1.807, 2.05) is 19.1 Å². The van der Waals surface area contributed by atoms with Crippen molar-refractivity contribution in [2.75, 3.05) is 0 Å². The first kappa shape index (κ1) is 14.4. The summed E-state index contributed by atoms with van der Waals surface area (Å²) in [5.41, 5.74) is 6.88. The number of rotatable bonds is 1. The molecule has 4 nitrogen and oxygen atoms in total. The van der Waals surface area contributed by atoms with Gasteiger partial charge < -0.3 is 5.73 Å². The highest BCUT2D eigenvalue weighted by atomic mass is 35.5. The number of hydrogen-bond acceptors (Lipinski definition) is 3. The van der Waals surface area contributed by atoms with Crippen LogP contribution in [0.2, 0.25) is 10.0 Å². The summed E-state index contributed by atoms with van der Waals surface area (Å²) in [5, 5.41) is 1.08. The molecule has 2 N–H and O–H groups in total. The van der Waals surface area contributed by atoms with Crippen molar-refractivity contribution in [2.24, 2.45) is 5.73 Å². The van der Waals surface area contributed by atoms with Gasteiger partial charge in [0.15, 0.2) is 0 Å². The smallest absolute Gasteiger partial charge is 0.204 e. The van der Waals surface area contributed by atoms with Gasteiger partial charge in [0.2, 0.25) is 6.41 Å². The lowest BCUT2D eigenvalue weighted by Crippen LogP contribution is -1.87. The number of benzene rings is 1. The zero-order chi connectivity index (χ0) is 13.5. The van der Waals surface area contributed by atoms with Crippen molar-refractivity contribution in [1.29, 1.82) is 0 Å². The summed E-state index contributed by atoms with van der Waals surface area (Å²) in [5.74, 6) is 0. The van der Waals surface area contributed by atoms with E-state index in [0.717, 1.165) is 17.0 Å². The normalized spacial score (nSPS) is 9.28. The standard InChI is InChI=1S/C11H8Cl2N2.CH3NO/c1-7-4-11(15-6-14-7)8-2-3-9(12)10(13)5-8;2-1-3/h2-6H,1H3;1H,(H2,2,3). The molecule has 0 fully saturated rings. The Hall–Kier alpha value is -1.65. The topological polar surface area (TPSA) is 68.9 Å². The van der Waals surface area contributed by atoms with Gasteiger partial charge in [0.1, 0.15) is 6.33 Å². The van der Waals surface area contributed by atoms with Gasteiger partial charge in [-0.15, -0.1) is 0 Å². The van der Waals surface area contributed by atoms with Gasteiger partial charge in [0, 0.05) is 11.3 Å². The number of nitrogens with zero attached hydrogens (tertiary/aromatic N) is 2. The largest absolute Gasteiger partial charge is 0.372 e. The molecule has 1 heterocycles. The molecule has 0 aliphatic rings. The fourth-order valence-electron chi connectivity index (χ4n) is 1.27. The van der Waals surface area contributed by atoms with Gasteiger partial charge in [0.25, 0.3) is 0 Å². The maximum atomic E-state index is 8.58. The number of carbonyl (C=O) groups excluding carboxylic acids is 1. The number of aromatic nitrogens is 2. The maximum Gasteiger partial charge on any atom is 0.204 e. The maximum absolute atomic E-state index is 8.58. The van der Waals surface area contributed by atoms with E-state index in [0.29, 0.717) is 10.0 Å². The third-order valence-electron chi connectivity index (χ3n) is 2.02. The van der Waals surface area contributed by atoms with Gasteiger partial charge in [-0.25, -0.2) is 9.97 Å². The third-order valence-corrected chi connectivity index (χ3v) is 2.76. The summed E-state index contributed by atoms with van der Waals surface area (Å²) in [6.45, 7) is 1.92. The Bertz CT molecular complexity index is 547. The summed E-state index contributed by atoms with van der Waals surface area (Å²) in [6, 6.07) is 7.35. The predicted octanol–water partition coefficient (Wildman–Crippen LogP) is 2.86. The molecular formula is C12H11Cl2N3O. The zero-order valence-electron chi connectivity index (χ0n) is 9.60. The second-order valence-corrected chi connectivity index (χ2v) is 4.12. The van der Waals surface area contributed by atoms with E-state index in [-0.39, 0.29) is 6.41 Å². The van der Waals surface area contributed by atoms with Gasteiger partial charge in [-0.05, 0) is 25.1 Å². The summed E-state index contributed by atoms with van der Waals surface area (Å²) >= 11 is 11.8. The Balaban J connectivity index is 0.000000492. The van der Waals surface area contributed by atoms with E-state index in [2.05, 4.69) is 15.7 Å². The van der Waals surface area contributed by atoms with Crippen molar-refractivity contribution in [3.05, 3.63) is 46.3 Å². The molecule has 0 unspecified atom stereocenters. The fourth-order valence-corrected chi connectivity index (χ4v) is 1.57.